The maximum absolute atomic E-state index is 12.2. The van der Waals surface area contributed by atoms with Gasteiger partial charge in [0.05, 0.1) is 11.3 Å². The first-order valence-electron chi connectivity index (χ1n) is 6.07. The summed E-state index contributed by atoms with van der Waals surface area (Å²) in [5.41, 5.74) is 1.20. The smallest absolute Gasteiger partial charge is 0.337 e. The molecule has 0 bridgehead atoms. The third-order valence-corrected chi connectivity index (χ3v) is 3.35. The Kier molecular flexibility index (Phi) is 4.55. The number of nitrogens with one attached hydrogen (secondary N) is 1. The molecule has 0 aliphatic carbocycles. The Morgan fingerprint density at radius 3 is 2.48 bits per heavy atom. The highest BCUT2D eigenvalue weighted by Crippen LogP contribution is 2.21. The summed E-state index contributed by atoms with van der Waals surface area (Å²) in [6.45, 7) is 3.76. The number of hydrogen-bond acceptors (Lipinski definition) is 2. The van der Waals surface area contributed by atoms with E-state index >= 15 is 0 Å². The van der Waals surface area contributed by atoms with Gasteiger partial charge in [0, 0.05) is 10.0 Å². The van der Waals surface area contributed by atoms with Crippen LogP contribution in [-0.4, -0.2) is 17.0 Å². The fraction of sp³-hybridized carbons (Fsp3) is 0. The molecule has 0 radical (unpaired) electrons. The molecule has 0 atom stereocenters. The number of carboxylic acids is 1. The van der Waals surface area contributed by atoms with Crippen LogP contribution in [0, 0.1) is 0 Å². The van der Waals surface area contributed by atoms with Gasteiger partial charge in [0.2, 0.25) is 0 Å². The fourth-order valence-corrected chi connectivity index (χ4v) is 2.18. The summed E-state index contributed by atoms with van der Waals surface area (Å²) >= 11 is 3.33. The van der Waals surface area contributed by atoms with Crippen molar-refractivity contribution in [3.05, 3.63) is 70.7 Å². The number of halogens is 1. The molecule has 2 aromatic rings. The van der Waals surface area contributed by atoms with Crippen LogP contribution in [0.4, 0.5) is 5.69 Å². The molecule has 0 fully saturated rings. The number of amides is 1. The summed E-state index contributed by atoms with van der Waals surface area (Å²) in [5.74, 6) is -1.54. The van der Waals surface area contributed by atoms with E-state index < -0.39 is 11.9 Å². The lowest BCUT2D eigenvalue weighted by Crippen LogP contribution is -2.15. The maximum atomic E-state index is 12.2. The number of carbonyl (C=O) groups excluding carboxylic acids is 1. The molecule has 0 aliphatic heterocycles. The van der Waals surface area contributed by atoms with E-state index in [1.54, 1.807) is 30.3 Å². The summed E-state index contributed by atoms with van der Waals surface area (Å²) in [6, 6.07) is 13.4. The predicted molar refractivity (Wildman–Crippen MR) is 85.2 cm³/mol. The van der Waals surface area contributed by atoms with Gasteiger partial charge in [-0.2, -0.15) is 0 Å². The number of benzene rings is 2. The highest BCUT2D eigenvalue weighted by Gasteiger charge is 2.14. The minimum absolute atomic E-state index is 0.0351. The Balaban J connectivity index is 2.23. The topological polar surface area (TPSA) is 66.4 Å². The molecule has 2 rings (SSSR count). The highest BCUT2D eigenvalue weighted by molar-refractivity contribution is 9.10. The zero-order chi connectivity index (χ0) is 15.4. The van der Waals surface area contributed by atoms with Gasteiger partial charge in [-0.05, 0) is 29.8 Å². The van der Waals surface area contributed by atoms with E-state index in [9.17, 15) is 9.59 Å². The molecule has 0 aliphatic rings. The van der Waals surface area contributed by atoms with Crippen LogP contribution in [0.15, 0.2) is 59.6 Å². The van der Waals surface area contributed by atoms with Gasteiger partial charge in [-0.15, -0.1) is 0 Å². The molecule has 0 aromatic heterocycles. The average Bonchev–Trinajstić information content (AvgIpc) is 2.46. The molecule has 4 nitrogen and oxygen atoms in total. The number of carbonyl (C=O) groups is 2. The lowest BCUT2D eigenvalue weighted by molar-refractivity contribution is -0.111. The largest absolute Gasteiger partial charge is 0.478 e. The van der Waals surface area contributed by atoms with E-state index in [4.69, 9.17) is 5.11 Å². The molecule has 2 N–H and O–H groups in total. The summed E-state index contributed by atoms with van der Waals surface area (Å²) < 4.78 is 0.833. The van der Waals surface area contributed by atoms with Crippen molar-refractivity contribution in [2.24, 2.45) is 0 Å². The van der Waals surface area contributed by atoms with Crippen molar-refractivity contribution < 1.29 is 14.7 Å². The first kappa shape index (κ1) is 15.0. The summed E-state index contributed by atoms with van der Waals surface area (Å²) in [6.07, 6.45) is 0. The molecule has 0 heterocycles. The van der Waals surface area contributed by atoms with E-state index in [1.807, 2.05) is 6.07 Å². The molecule has 0 saturated heterocycles. The molecule has 2 aromatic carbocycles. The third-order valence-electron chi connectivity index (χ3n) is 2.85. The van der Waals surface area contributed by atoms with E-state index in [2.05, 4.69) is 27.8 Å². The Labute approximate surface area is 130 Å². The Hall–Kier alpha value is -2.40. The van der Waals surface area contributed by atoms with E-state index in [0.29, 0.717) is 5.56 Å². The van der Waals surface area contributed by atoms with Crippen LogP contribution >= 0.6 is 15.9 Å². The van der Waals surface area contributed by atoms with Crippen LogP contribution in [-0.2, 0) is 4.79 Å². The summed E-state index contributed by atoms with van der Waals surface area (Å²) in [5, 5.41) is 11.7. The van der Waals surface area contributed by atoms with Gasteiger partial charge in [-0.3, -0.25) is 4.79 Å². The van der Waals surface area contributed by atoms with Gasteiger partial charge >= 0.3 is 5.97 Å². The maximum Gasteiger partial charge on any atom is 0.337 e. The molecule has 106 valence electrons. The monoisotopic (exact) mass is 345 g/mol. The van der Waals surface area contributed by atoms with E-state index in [0.717, 1.165) is 4.47 Å². The standard InChI is InChI=1S/C16H12BrNO3/c1-10(11-5-4-6-12(17)9-11)15(19)18-14-8-3-2-7-13(14)16(20)21/h2-9H,1H2,(H,18,19)(H,20,21). The highest BCUT2D eigenvalue weighted by atomic mass is 79.9. The number of para-hydroxylation sites is 1. The van der Waals surface area contributed by atoms with Crippen molar-refractivity contribution in [1.82, 2.24) is 0 Å². The second kappa shape index (κ2) is 6.37. The zero-order valence-corrected chi connectivity index (χ0v) is 12.6. The average molecular weight is 346 g/mol. The molecule has 5 heteroatoms. The van der Waals surface area contributed by atoms with Crippen molar-refractivity contribution >= 4 is 39.1 Å². The van der Waals surface area contributed by atoms with Crippen molar-refractivity contribution in [2.75, 3.05) is 5.32 Å². The van der Waals surface area contributed by atoms with Crippen LogP contribution in [0.1, 0.15) is 15.9 Å². The van der Waals surface area contributed by atoms with Crippen molar-refractivity contribution in [2.45, 2.75) is 0 Å². The predicted octanol–water partition coefficient (Wildman–Crippen LogP) is 3.80. The Bertz CT molecular complexity index is 725. The van der Waals surface area contributed by atoms with Crippen molar-refractivity contribution in [1.29, 1.82) is 0 Å². The molecule has 0 unspecified atom stereocenters. The minimum atomic E-state index is -1.10. The second-order valence-corrected chi connectivity index (χ2v) is 5.21. The first-order chi connectivity index (χ1) is 9.99. The molecule has 1 amide bonds. The van der Waals surface area contributed by atoms with Gasteiger partial charge in [0.25, 0.3) is 5.91 Å². The SMILES string of the molecule is C=C(C(=O)Nc1ccccc1C(=O)O)c1cccc(Br)c1. The van der Waals surface area contributed by atoms with Gasteiger partial charge in [0.1, 0.15) is 0 Å². The van der Waals surface area contributed by atoms with Crippen LogP contribution in [0.3, 0.4) is 0 Å². The fourth-order valence-electron chi connectivity index (χ4n) is 1.78. The second-order valence-electron chi connectivity index (χ2n) is 4.29. The lowest BCUT2D eigenvalue weighted by atomic mass is 10.1. The third kappa shape index (κ3) is 3.58. The van der Waals surface area contributed by atoms with Crippen molar-refractivity contribution in [3.63, 3.8) is 0 Å². The Morgan fingerprint density at radius 2 is 1.81 bits per heavy atom. The number of carboxylic acid groups (broad SMARTS) is 1. The summed E-state index contributed by atoms with van der Waals surface area (Å²) in [7, 11) is 0. The van der Waals surface area contributed by atoms with Crippen LogP contribution in [0.25, 0.3) is 5.57 Å². The lowest BCUT2D eigenvalue weighted by Gasteiger charge is -2.10. The number of hydrogen-bond donors (Lipinski definition) is 2. The molecule has 21 heavy (non-hydrogen) atoms. The molecular formula is C16H12BrNO3. The summed E-state index contributed by atoms with van der Waals surface area (Å²) in [4.78, 5) is 23.3. The van der Waals surface area contributed by atoms with E-state index in [-0.39, 0.29) is 16.8 Å². The number of aromatic carboxylic acids is 1. The molecule has 0 spiro atoms. The van der Waals surface area contributed by atoms with Crippen molar-refractivity contribution in [3.8, 4) is 0 Å². The number of rotatable bonds is 4. The zero-order valence-electron chi connectivity index (χ0n) is 11.0. The molecular weight excluding hydrogens is 334 g/mol. The normalized spacial score (nSPS) is 9.95. The van der Waals surface area contributed by atoms with Gasteiger partial charge in [-0.25, -0.2) is 4.79 Å². The Morgan fingerprint density at radius 1 is 1.10 bits per heavy atom. The van der Waals surface area contributed by atoms with Gasteiger partial charge in [-0.1, -0.05) is 46.8 Å². The number of anilines is 1. The van der Waals surface area contributed by atoms with Crippen LogP contribution in [0.2, 0.25) is 0 Å². The quantitative estimate of drug-likeness (QED) is 0.828. The van der Waals surface area contributed by atoms with Gasteiger partial charge in [0.15, 0.2) is 0 Å². The van der Waals surface area contributed by atoms with Gasteiger partial charge < -0.3 is 10.4 Å². The molecule has 0 saturated carbocycles. The van der Waals surface area contributed by atoms with Crippen LogP contribution < -0.4 is 5.32 Å². The van der Waals surface area contributed by atoms with E-state index in [1.165, 1.54) is 12.1 Å². The van der Waals surface area contributed by atoms with Crippen LogP contribution in [0.5, 0.6) is 0 Å². The first-order valence-corrected chi connectivity index (χ1v) is 6.87. The minimum Gasteiger partial charge on any atom is -0.478 e.